The average molecular weight is 472 g/mol. The number of carbonyl (C=O) groups excluding carboxylic acids is 1. The molecular weight excluding hydrogens is 454 g/mol. The number of hydrogen-bond acceptors (Lipinski definition) is 6. The lowest BCUT2D eigenvalue weighted by molar-refractivity contribution is -0.115. The third-order valence-corrected chi connectivity index (χ3v) is 5.43. The van der Waals surface area contributed by atoms with E-state index < -0.39 is 10.0 Å². The predicted molar refractivity (Wildman–Crippen MR) is 119 cm³/mol. The number of nitriles is 1. The van der Waals surface area contributed by atoms with Gasteiger partial charge in [-0.2, -0.15) is 5.26 Å². The van der Waals surface area contributed by atoms with Crippen LogP contribution in [0.15, 0.2) is 65.6 Å². The fourth-order valence-corrected chi connectivity index (χ4v) is 3.58. The van der Waals surface area contributed by atoms with Crippen molar-refractivity contribution in [2.24, 2.45) is 5.14 Å². The summed E-state index contributed by atoms with van der Waals surface area (Å²) in [5, 5.41) is 17.2. The number of rotatable bonds is 7. The van der Waals surface area contributed by atoms with E-state index in [0.29, 0.717) is 39.1 Å². The van der Waals surface area contributed by atoms with Gasteiger partial charge in [0.25, 0.3) is 0 Å². The van der Waals surface area contributed by atoms with Crippen molar-refractivity contribution in [1.82, 2.24) is 0 Å². The number of benzene rings is 3. The van der Waals surface area contributed by atoms with E-state index in [1.807, 2.05) is 6.07 Å². The summed E-state index contributed by atoms with van der Waals surface area (Å²) < 4.78 is 33.8. The molecule has 0 spiro atoms. The zero-order chi connectivity index (χ0) is 23.3. The van der Waals surface area contributed by atoms with Gasteiger partial charge in [0, 0.05) is 10.7 Å². The first kappa shape index (κ1) is 23.1. The van der Waals surface area contributed by atoms with E-state index in [1.54, 1.807) is 24.3 Å². The topological polar surface area (TPSA) is 132 Å². The van der Waals surface area contributed by atoms with Crippen LogP contribution in [0.5, 0.6) is 17.2 Å². The average Bonchev–Trinajstić information content (AvgIpc) is 2.73. The van der Waals surface area contributed by atoms with Crippen molar-refractivity contribution in [3.05, 3.63) is 76.8 Å². The molecule has 3 aromatic carbocycles. The molecule has 164 valence electrons. The lowest BCUT2D eigenvalue weighted by Crippen LogP contribution is -2.15. The Hall–Kier alpha value is -3.58. The molecule has 10 heteroatoms. The van der Waals surface area contributed by atoms with Crippen molar-refractivity contribution >= 4 is 33.2 Å². The minimum absolute atomic E-state index is 0.0241. The van der Waals surface area contributed by atoms with Crippen molar-refractivity contribution in [2.45, 2.75) is 11.3 Å². The molecule has 32 heavy (non-hydrogen) atoms. The summed E-state index contributed by atoms with van der Waals surface area (Å²) >= 11 is 6.02. The third kappa shape index (κ3) is 5.98. The van der Waals surface area contributed by atoms with Gasteiger partial charge in [0.2, 0.25) is 15.9 Å². The third-order valence-electron chi connectivity index (χ3n) is 4.29. The lowest BCUT2D eigenvalue weighted by Gasteiger charge is -2.13. The van der Waals surface area contributed by atoms with Crippen LogP contribution in [0.1, 0.15) is 11.1 Å². The van der Waals surface area contributed by atoms with E-state index in [0.717, 1.165) is 0 Å². The number of sulfonamides is 1. The smallest absolute Gasteiger partial charge is 0.238 e. The van der Waals surface area contributed by atoms with Crippen LogP contribution in [0.2, 0.25) is 5.02 Å². The molecule has 0 unspecified atom stereocenters. The summed E-state index contributed by atoms with van der Waals surface area (Å²) in [6, 6.07) is 17.2. The van der Waals surface area contributed by atoms with Crippen LogP contribution < -0.4 is 19.9 Å². The number of anilines is 1. The van der Waals surface area contributed by atoms with Gasteiger partial charge in [-0.1, -0.05) is 17.7 Å². The summed E-state index contributed by atoms with van der Waals surface area (Å²) in [4.78, 5) is 12.4. The number of methoxy groups -OCH3 is 1. The first-order chi connectivity index (χ1) is 15.2. The van der Waals surface area contributed by atoms with Crippen LogP contribution in [0.25, 0.3) is 0 Å². The molecule has 0 bridgehead atoms. The van der Waals surface area contributed by atoms with Crippen LogP contribution in [-0.2, 0) is 21.2 Å². The quantitative estimate of drug-likeness (QED) is 0.538. The van der Waals surface area contributed by atoms with E-state index in [4.69, 9.17) is 31.5 Å². The number of nitrogens with zero attached hydrogens (tertiary/aromatic N) is 1. The van der Waals surface area contributed by atoms with E-state index in [1.165, 1.54) is 43.5 Å². The highest BCUT2D eigenvalue weighted by Gasteiger charge is 2.12. The molecule has 1 amide bonds. The molecule has 0 saturated heterocycles. The summed E-state index contributed by atoms with van der Waals surface area (Å²) in [6.45, 7) is 0. The van der Waals surface area contributed by atoms with Gasteiger partial charge in [0.1, 0.15) is 5.75 Å². The zero-order valence-corrected chi connectivity index (χ0v) is 18.4. The molecule has 0 atom stereocenters. The number of primary sulfonamides is 1. The van der Waals surface area contributed by atoms with Gasteiger partial charge in [0.05, 0.1) is 30.1 Å². The zero-order valence-electron chi connectivity index (χ0n) is 16.8. The molecule has 0 saturated carbocycles. The fourth-order valence-electron chi connectivity index (χ4n) is 2.84. The van der Waals surface area contributed by atoms with Crippen molar-refractivity contribution in [2.75, 3.05) is 12.4 Å². The standard InChI is InChI=1S/C22H18ClN3O5S/c1-30-20-7-2-14(10-21(20)31-18-9-15(13-24)8-16(23)12-18)11-22(27)26-17-3-5-19(6-4-17)32(25,28)29/h2-10,12H,11H2,1H3,(H,26,27)(H2,25,28,29). The van der Waals surface area contributed by atoms with Crippen LogP contribution in [0.4, 0.5) is 5.69 Å². The molecule has 0 aliphatic rings. The van der Waals surface area contributed by atoms with Crippen LogP contribution >= 0.6 is 11.6 Å². The van der Waals surface area contributed by atoms with Crippen LogP contribution in [0.3, 0.4) is 0 Å². The Balaban J connectivity index is 1.75. The van der Waals surface area contributed by atoms with Crippen molar-refractivity contribution in [3.8, 4) is 23.3 Å². The lowest BCUT2D eigenvalue weighted by atomic mass is 10.1. The van der Waals surface area contributed by atoms with E-state index in [-0.39, 0.29) is 17.2 Å². The molecule has 3 rings (SSSR count). The second-order valence-electron chi connectivity index (χ2n) is 6.67. The highest BCUT2D eigenvalue weighted by molar-refractivity contribution is 7.89. The van der Waals surface area contributed by atoms with Gasteiger partial charge in [-0.05, 0) is 60.2 Å². The molecule has 0 aliphatic heterocycles. The largest absolute Gasteiger partial charge is 0.493 e. The Kier molecular flexibility index (Phi) is 7.00. The highest BCUT2D eigenvalue weighted by Crippen LogP contribution is 2.34. The number of hydrogen-bond donors (Lipinski definition) is 2. The Morgan fingerprint density at radius 2 is 1.81 bits per heavy atom. The molecule has 0 aliphatic carbocycles. The van der Waals surface area contributed by atoms with Gasteiger partial charge in [-0.15, -0.1) is 0 Å². The Morgan fingerprint density at radius 3 is 2.44 bits per heavy atom. The van der Waals surface area contributed by atoms with Crippen LogP contribution in [0, 0.1) is 11.3 Å². The molecule has 3 aromatic rings. The van der Waals surface area contributed by atoms with Gasteiger partial charge in [-0.25, -0.2) is 13.6 Å². The fraction of sp³-hybridized carbons (Fsp3) is 0.0909. The Morgan fingerprint density at radius 1 is 1.09 bits per heavy atom. The van der Waals surface area contributed by atoms with E-state index in [9.17, 15) is 13.2 Å². The Bertz CT molecular complexity index is 1300. The van der Waals surface area contributed by atoms with Gasteiger partial charge in [-0.3, -0.25) is 4.79 Å². The predicted octanol–water partition coefficient (Wildman–Crippen LogP) is 3.84. The molecule has 0 radical (unpaired) electrons. The minimum Gasteiger partial charge on any atom is -0.493 e. The normalized spacial score (nSPS) is 10.8. The van der Waals surface area contributed by atoms with E-state index in [2.05, 4.69) is 5.32 Å². The molecular formula is C22H18ClN3O5S. The van der Waals surface area contributed by atoms with Gasteiger partial charge in [0.15, 0.2) is 11.5 Å². The van der Waals surface area contributed by atoms with Gasteiger partial charge >= 0.3 is 0 Å². The summed E-state index contributed by atoms with van der Waals surface area (Å²) in [5.41, 5.74) is 1.41. The summed E-state index contributed by atoms with van der Waals surface area (Å²) in [6.07, 6.45) is 0.0241. The molecule has 0 aromatic heterocycles. The molecule has 0 heterocycles. The van der Waals surface area contributed by atoms with Crippen molar-refractivity contribution in [3.63, 3.8) is 0 Å². The highest BCUT2D eigenvalue weighted by atomic mass is 35.5. The number of ether oxygens (including phenoxy) is 2. The van der Waals surface area contributed by atoms with E-state index >= 15 is 0 Å². The SMILES string of the molecule is COc1ccc(CC(=O)Nc2ccc(S(N)(=O)=O)cc2)cc1Oc1cc(Cl)cc(C#N)c1. The monoisotopic (exact) mass is 471 g/mol. The maximum Gasteiger partial charge on any atom is 0.238 e. The second kappa shape index (κ2) is 9.70. The Labute approximate surface area is 190 Å². The number of carbonyl (C=O) groups is 1. The van der Waals surface area contributed by atoms with Crippen molar-refractivity contribution < 1.29 is 22.7 Å². The molecule has 0 fully saturated rings. The molecule has 3 N–H and O–H groups in total. The first-order valence-corrected chi connectivity index (χ1v) is 11.1. The maximum absolute atomic E-state index is 12.4. The number of nitrogens with two attached hydrogens (primary N) is 1. The minimum atomic E-state index is -3.81. The number of amides is 1. The van der Waals surface area contributed by atoms with Crippen LogP contribution in [-0.4, -0.2) is 21.4 Å². The number of halogens is 1. The summed E-state index contributed by atoms with van der Waals surface area (Å²) in [5.74, 6) is 0.815. The van der Waals surface area contributed by atoms with Crippen molar-refractivity contribution in [1.29, 1.82) is 5.26 Å². The van der Waals surface area contributed by atoms with Gasteiger partial charge < -0.3 is 14.8 Å². The molecule has 8 nitrogen and oxygen atoms in total. The first-order valence-electron chi connectivity index (χ1n) is 9.16. The number of nitrogens with one attached hydrogen (secondary N) is 1. The second-order valence-corrected chi connectivity index (χ2v) is 8.67. The summed E-state index contributed by atoms with van der Waals surface area (Å²) in [7, 11) is -2.32. The maximum atomic E-state index is 12.4.